The van der Waals surface area contributed by atoms with Gasteiger partial charge >= 0.3 is 0 Å². The second-order valence-electron chi connectivity index (χ2n) is 3.00. The Bertz CT molecular complexity index is 154. The lowest BCUT2D eigenvalue weighted by Crippen LogP contribution is -2.60. The first-order valence-corrected chi connectivity index (χ1v) is 3.88. The van der Waals surface area contributed by atoms with Gasteiger partial charge in [0.15, 0.2) is 6.29 Å². The van der Waals surface area contributed by atoms with Crippen LogP contribution in [0.4, 0.5) is 0 Å². The molecule has 4 N–H and O–H groups in total. The molecule has 5 nitrogen and oxygen atoms in total. The Balaban J connectivity index is 2.65. The molecular weight excluding hydrogens is 162 g/mol. The smallest absolute Gasteiger partial charge is 0.184 e. The van der Waals surface area contributed by atoms with E-state index in [1.54, 1.807) is 6.92 Å². The van der Waals surface area contributed by atoms with Gasteiger partial charge in [-0.2, -0.15) is 0 Å². The highest BCUT2D eigenvalue weighted by molar-refractivity contribution is 4.90. The number of aliphatic hydroxyl groups is 2. The van der Waals surface area contributed by atoms with E-state index in [4.69, 9.17) is 15.2 Å². The molecule has 0 radical (unpaired) electrons. The third-order valence-electron chi connectivity index (χ3n) is 2.18. The maximum Gasteiger partial charge on any atom is 0.184 e. The number of ether oxygens (including phenoxy) is 2. The van der Waals surface area contributed by atoms with E-state index in [0.29, 0.717) is 0 Å². The van der Waals surface area contributed by atoms with E-state index < -0.39 is 24.5 Å². The number of nitrogens with two attached hydrogens (primary N) is 1. The highest BCUT2D eigenvalue weighted by atomic mass is 16.6. The third-order valence-corrected chi connectivity index (χ3v) is 2.18. The number of rotatable bonds is 1. The molecule has 0 spiro atoms. The Morgan fingerprint density at radius 1 is 1.42 bits per heavy atom. The van der Waals surface area contributed by atoms with Crippen molar-refractivity contribution in [1.29, 1.82) is 0 Å². The minimum absolute atomic E-state index is 0.360. The van der Waals surface area contributed by atoms with Crippen LogP contribution >= 0.6 is 0 Å². The molecule has 0 amide bonds. The second-order valence-corrected chi connectivity index (χ2v) is 3.00. The van der Waals surface area contributed by atoms with E-state index in [-0.39, 0.29) is 6.10 Å². The van der Waals surface area contributed by atoms with Crippen molar-refractivity contribution in [3.8, 4) is 0 Å². The number of hydrogen-bond donors (Lipinski definition) is 3. The summed E-state index contributed by atoms with van der Waals surface area (Å²) in [5, 5.41) is 18.8. The first kappa shape index (κ1) is 9.88. The minimum atomic E-state index is -1.10. The largest absolute Gasteiger partial charge is 0.388 e. The van der Waals surface area contributed by atoms with Crippen molar-refractivity contribution in [2.45, 2.75) is 37.6 Å². The van der Waals surface area contributed by atoms with Crippen LogP contribution in [0.5, 0.6) is 0 Å². The van der Waals surface area contributed by atoms with Gasteiger partial charge in [-0.05, 0) is 6.92 Å². The summed E-state index contributed by atoms with van der Waals surface area (Å²) in [6.07, 6.45) is -3.09. The fraction of sp³-hybridized carbons (Fsp3) is 1.00. The van der Waals surface area contributed by atoms with Gasteiger partial charge in [0.2, 0.25) is 0 Å². The summed E-state index contributed by atoms with van der Waals surface area (Å²) in [6, 6.07) is -0.515. The maximum absolute atomic E-state index is 9.49. The van der Waals surface area contributed by atoms with Gasteiger partial charge in [-0.15, -0.1) is 0 Å². The predicted octanol–water partition coefficient (Wildman–Crippen LogP) is -1.57. The van der Waals surface area contributed by atoms with Gasteiger partial charge in [-0.25, -0.2) is 0 Å². The topological polar surface area (TPSA) is 84.9 Å². The van der Waals surface area contributed by atoms with Crippen LogP contribution < -0.4 is 5.73 Å². The van der Waals surface area contributed by atoms with Crippen molar-refractivity contribution in [1.82, 2.24) is 0 Å². The average molecular weight is 177 g/mol. The van der Waals surface area contributed by atoms with Crippen molar-refractivity contribution in [3.05, 3.63) is 0 Å². The van der Waals surface area contributed by atoms with Crippen LogP contribution in [0.25, 0.3) is 0 Å². The molecule has 5 atom stereocenters. The molecule has 0 aromatic rings. The summed E-state index contributed by atoms with van der Waals surface area (Å²) in [6.45, 7) is 1.70. The summed E-state index contributed by atoms with van der Waals surface area (Å²) < 4.78 is 9.85. The lowest BCUT2D eigenvalue weighted by molar-refractivity contribution is -0.256. The van der Waals surface area contributed by atoms with Crippen LogP contribution in [0.15, 0.2) is 0 Å². The zero-order valence-corrected chi connectivity index (χ0v) is 7.18. The molecule has 72 valence electrons. The van der Waals surface area contributed by atoms with Gasteiger partial charge in [0.1, 0.15) is 12.2 Å². The lowest BCUT2D eigenvalue weighted by Gasteiger charge is -2.39. The number of methoxy groups -OCH3 is 1. The van der Waals surface area contributed by atoms with Crippen LogP contribution in [0.1, 0.15) is 6.92 Å². The molecule has 1 aliphatic heterocycles. The highest BCUT2D eigenvalue weighted by Crippen LogP contribution is 2.19. The quantitative estimate of drug-likeness (QED) is 0.450. The molecule has 12 heavy (non-hydrogen) atoms. The van der Waals surface area contributed by atoms with Crippen molar-refractivity contribution in [3.63, 3.8) is 0 Å². The summed E-state index contributed by atoms with van der Waals surface area (Å²) in [5.41, 5.74) is 5.58. The molecule has 1 saturated heterocycles. The molecule has 0 aliphatic carbocycles. The Morgan fingerprint density at radius 2 is 2.00 bits per heavy atom. The first-order chi connectivity index (χ1) is 5.57. The van der Waals surface area contributed by atoms with Gasteiger partial charge in [0.25, 0.3) is 0 Å². The Morgan fingerprint density at radius 3 is 2.50 bits per heavy atom. The van der Waals surface area contributed by atoms with Crippen LogP contribution in [-0.2, 0) is 9.47 Å². The molecule has 0 unspecified atom stereocenters. The average Bonchev–Trinajstić information content (AvgIpc) is 2.01. The SMILES string of the molecule is CO[C@H]1[C@@H](O)[C@H](N)[C@@H](C)O[C@@H]1O. The molecule has 0 bridgehead atoms. The van der Waals surface area contributed by atoms with Crippen molar-refractivity contribution in [2.75, 3.05) is 7.11 Å². The monoisotopic (exact) mass is 177 g/mol. The highest BCUT2D eigenvalue weighted by Gasteiger charge is 2.40. The normalized spacial score (nSPS) is 49.2. The van der Waals surface area contributed by atoms with Gasteiger partial charge in [-0.1, -0.05) is 0 Å². The van der Waals surface area contributed by atoms with Crippen molar-refractivity contribution >= 4 is 0 Å². The standard InChI is InChI=1S/C7H15NO4/c1-3-4(8)5(9)6(11-2)7(10)12-3/h3-7,9-10H,8H2,1-2H3/t3-,4-,5+,6+,7+/m1/s1. The Hall–Kier alpha value is -0.200. The number of hydrogen-bond acceptors (Lipinski definition) is 5. The summed E-state index contributed by atoms with van der Waals surface area (Å²) in [4.78, 5) is 0. The van der Waals surface area contributed by atoms with E-state index >= 15 is 0 Å². The third kappa shape index (κ3) is 1.60. The fourth-order valence-electron chi connectivity index (χ4n) is 1.31. The zero-order valence-electron chi connectivity index (χ0n) is 7.18. The van der Waals surface area contributed by atoms with Crippen molar-refractivity contribution < 1.29 is 19.7 Å². The van der Waals surface area contributed by atoms with E-state index in [0.717, 1.165) is 0 Å². The minimum Gasteiger partial charge on any atom is -0.388 e. The van der Waals surface area contributed by atoms with Gasteiger partial charge < -0.3 is 25.4 Å². The molecule has 0 saturated carbocycles. The van der Waals surface area contributed by atoms with E-state index in [1.807, 2.05) is 0 Å². The van der Waals surface area contributed by atoms with Crippen LogP contribution in [0.3, 0.4) is 0 Å². The Labute approximate surface area is 71.1 Å². The molecule has 0 aromatic heterocycles. The molecule has 1 rings (SSSR count). The van der Waals surface area contributed by atoms with Gasteiger partial charge in [-0.3, -0.25) is 0 Å². The fourth-order valence-corrected chi connectivity index (χ4v) is 1.31. The van der Waals surface area contributed by atoms with Gasteiger partial charge in [0, 0.05) is 7.11 Å². The van der Waals surface area contributed by atoms with Gasteiger partial charge in [0.05, 0.1) is 12.1 Å². The summed E-state index contributed by atoms with van der Waals surface area (Å²) >= 11 is 0. The van der Waals surface area contributed by atoms with Crippen molar-refractivity contribution in [2.24, 2.45) is 5.73 Å². The molecule has 0 aromatic carbocycles. The van der Waals surface area contributed by atoms with Crippen LogP contribution in [-0.4, -0.2) is 48.0 Å². The number of aliphatic hydroxyl groups excluding tert-OH is 2. The predicted molar refractivity (Wildman–Crippen MR) is 41.3 cm³/mol. The lowest BCUT2D eigenvalue weighted by atomic mass is 9.98. The molecule has 1 aliphatic rings. The van der Waals surface area contributed by atoms with Crippen LogP contribution in [0.2, 0.25) is 0 Å². The summed E-state index contributed by atoms with van der Waals surface area (Å²) in [5.74, 6) is 0. The van der Waals surface area contributed by atoms with E-state index in [2.05, 4.69) is 0 Å². The Kier molecular flexibility index (Phi) is 3.03. The van der Waals surface area contributed by atoms with E-state index in [9.17, 15) is 10.2 Å². The molecular formula is C7H15NO4. The zero-order chi connectivity index (χ0) is 9.30. The first-order valence-electron chi connectivity index (χ1n) is 3.88. The van der Waals surface area contributed by atoms with E-state index in [1.165, 1.54) is 7.11 Å². The molecule has 5 heteroatoms. The second kappa shape index (κ2) is 3.68. The summed E-state index contributed by atoms with van der Waals surface area (Å²) in [7, 11) is 1.39. The van der Waals surface area contributed by atoms with Crippen LogP contribution in [0, 0.1) is 0 Å². The molecule has 1 fully saturated rings. The maximum atomic E-state index is 9.49. The molecule has 1 heterocycles.